The van der Waals surface area contributed by atoms with Crippen LogP contribution in [0.3, 0.4) is 0 Å². The van der Waals surface area contributed by atoms with E-state index in [2.05, 4.69) is 4.98 Å². The highest BCUT2D eigenvalue weighted by molar-refractivity contribution is 7.18. The van der Waals surface area contributed by atoms with E-state index in [9.17, 15) is 19.5 Å². The molecule has 1 amide bonds. The second kappa shape index (κ2) is 10.8. The fourth-order valence-corrected chi connectivity index (χ4v) is 6.11. The van der Waals surface area contributed by atoms with Crippen LogP contribution in [-0.4, -0.2) is 46.9 Å². The highest BCUT2D eigenvalue weighted by Gasteiger charge is 2.48. The number of hydrogen-bond acceptors (Lipinski definition) is 9. The van der Waals surface area contributed by atoms with Gasteiger partial charge in [-0.15, -0.1) is 0 Å². The van der Waals surface area contributed by atoms with Gasteiger partial charge in [0.05, 0.1) is 35.4 Å². The quantitative estimate of drug-likeness (QED) is 0.168. The van der Waals surface area contributed by atoms with Gasteiger partial charge in [-0.3, -0.25) is 19.3 Å². The van der Waals surface area contributed by atoms with Crippen molar-refractivity contribution >= 4 is 39.7 Å². The molecule has 0 aliphatic carbocycles. The molecule has 1 fully saturated rings. The highest BCUT2D eigenvalue weighted by Crippen LogP contribution is 2.46. The van der Waals surface area contributed by atoms with Crippen LogP contribution in [0.15, 0.2) is 42.0 Å². The summed E-state index contributed by atoms with van der Waals surface area (Å²) in [5.74, 6) is -0.512. The van der Waals surface area contributed by atoms with Gasteiger partial charge in [-0.25, -0.2) is 4.98 Å². The number of benzene rings is 2. The van der Waals surface area contributed by atoms with Gasteiger partial charge in [0.2, 0.25) is 0 Å². The Morgan fingerprint density at radius 2 is 1.85 bits per heavy atom. The summed E-state index contributed by atoms with van der Waals surface area (Å²) in [4.78, 5) is 45.5. The molecule has 0 saturated carbocycles. The monoisotopic (exact) mass is 562 g/mol. The van der Waals surface area contributed by atoms with Gasteiger partial charge in [0.15, 0.2) is 22.4 Å². The molecule has 2 aliphatic heterocycles. The van der Waals surface area contributed by atoms with Gasteiger partial charge in [0.25, 0.3) is 5.78 Å². The molecule has 1 aromatic heterocycles. The van der Waals surface area contributed by atoms with Crippen molar-refractivity contribution in [1.29, 1.82) is 0 Å². The van der Waals surface area contributed by atoms with E-state index in [1.165, 1.54) is 11.8 Å². The summed E-state index contributed by atoms with van der Waals surface area (Å²) in [5, 5.41) is 11.8. The molecule has 10 heteroatoms. The van der Waals surface area contributed by atoms with E-state index < -0.39 is 17.7 Å². The largest absolute Gasteiger partial charge is 0.507 e. The van der Waals surface area contributed by atoms with Gasteiger partial charge in [0.1, 0.15) is 17.6 Å². The normalized spacial score (nSPS) is 19.5. The zero-order valence-electron chi connectivity index (χ0n) is 22.9. The number of amides is 1. The van der Waals surface area contributed by atoms with E-state index in [0.717, 1.165) is 22.6 Å². The molecular formula is C30H30N2O7S. The summed E-state index contributed by atoms with van der Waals surface area (Å²) >= 11 is 1.04. The Morgan fingerprint density at radius 1 is 1.12 bits per heavy atom. The number of ketones is 2. The lowest BCUT2D eigenvalue weighted by atomic mass is 9.94. The molecule has 9 nitrogen and oxygen atoms in total. The Hall–Kier alpha value is -4.18. The molecule has 3 aromatic rings. The maximum Gasteiger partial charge on any atom is 0.301 e. The zero-order valence-corrected chi connectivity index (χ0v) is 23.8. The topological polar surface area (TPSA) is 115 Å². The number of rotatable bonds is 8. The Balaban J connectivity index is 1.71. The Morgan fingerprint density at radius 3 is 2.52 bits per heavy atom. The van der Waals surface area contributed by atoms with Crippen molar-refractivity contribution < 1.29 is 33.7 Å². The first-order valence-corrected chi connectivity index (χ1v) is 13.9. The number of Topliss-reactive ketones (excluding diaryl/α,β-unsaturated/α-hetero) is 2. The first-order chi connectivity index (χ1) is 19.1. The highest BCUT2D eigenvalue weighted by atomic mass is 32.1. The van der Waals surface area contributed by atoms with Crippen LogP contribution in [0.2, 0.25) is 0 Å². The molecule has 3 heterocycles. The van der Waals surface area contributed by atoms with Crippen LogP contribution in [0.4, 0.5) is 5.13 Å². The lowest BCUT2D eigenvalue weighted by molar-refractivity contribution is -0.132. The van der Waals surface area contributed by atoms with Crippen molar-refractivity contribution in [2.24, 2.45) is 0 Å². The van der Waals surface area contributed by atoms with Crippen LogP contribution in [0, 0.1) is 6.92 Å². The number of hydrogen-bond donors (Lipinski definition) is 1. The third-order valence-corrected chi connectivity index (χ3v) is 8.07. The van der Waals surface area contributed by atoms with Crippen LogP contribution < -0.4 is 19.1 Å². The number of ether oxygens (including phenoxy) is 3. The van der Waals surface area contributed by atoms with E-state index in [0.29, 0.717) is 52.8 Å². The first-order valence-electron chi connectivity index (χ1n) is 13.1. The van der Waals surface area contributed by atoms with E-state index >= 15 is 0 Å². The minimum Gasteiger partial charge on any atom is -0.507 e. The van der Waals surface area contributed by atoms with Gasteiger partial charge in [0, 0.05) is 18.9 Å². The van der Waals surface area contributed by atoms with Crippen molar-refractivity contribution in [2.45, 2.75) is 53.2 Å². The second-order valence-electron chi connectivity index (χ2n) is 9.66. The molecule has 5 rings (SSSR count). The Labute approximate surface area is 236 Å². The van der Waals surface area contributed by atoms with Gasteiger partial charge < -0.3 is 19.3 Å². The SMILES string of the molecule is CCOc1ccc([C@@H]2C(=C(O)c3ccc4c(c3)C[C@@H](C)O4)C(=O)C(=O)N2c2nc(C)c(C(C)=O)s2)cc1OCC. The molecule has 0 radical (unpaired) electrons. The number of nitrogens with zero attached hydrogens (tertiary/aromatic N) is 2. The molecule has 1 N–H and O–H groups in total. The van der Waals surface area contributed by atoms with Crippen LogP contribution in [-0.2, 0) is 16.0 Å². The second-order valence-corrected chi connectivity index (χ2v) is 10.6. The summed E-state index contributed by atoms with van der Waals surface area (Å²) < 4.78 is 17.3. The molecule has 0 unspecified atom stereocenters. The van der Waals surface area contributed by atoms with Gasteiger partial charge in [-0.1, -0.05) is 17.4 Å². The number of aryl methyl sites for hydroxylation is 1. The van der Waals surface area contributed by atoms with Crippen molar-refractivity contribution in [3.8, 4) is 17.2 Å². The summed E-state index contributed by atoms with van der Waals surface area (Å²) in [5.41, 5.74) is 2.20. The average molecular weight is 563 g/mol. The molecule has 2 atom stereocenters. The molecule has 2 aliphatic rings. The molecule has 0 bridgehead atoms. The smallest absolute Gasteiger partial charge is 0.301 e. The molecule has 2 aromatic carbocycles. The van der Waals surface area contributed by atoms with Crippen LogP contribution in [0.5, 0.6) is 17.2 Å². The number of anilines is 1. The maximum absolute atomic E-state index is 13.6. The van der Waals surface area contributed by atoms with Gasteiger partial charge >= 0.3 is 5.91 Å². The molecule has 0 spiro atoms. The van der Waals surface area contributed by atoms with Crippen LogP contribution in [0.25, 0.3) is 5.76 Å². The lowest BCUT2D eigenvalue weighted by Gasteiger charge is -2.24. The number of fused-ring (bicyclic) bond motifs is 1. The number of aliphatic hydroxyl groups excluding tert-OH is 1. The van der Waals surface area contributed by atoms with Crippen LogP contribution >= 0.6 is 11.3 Å². The van der Waals surface area contributed by atoms with Crippen LogP contribution in [0.1, 0.15) is 65.8 Å². The molecule has 40 heavy (non-hydrogen) atoms. The summed E-state index contributed by atoms with van der Waals surface area (Å²) in [6, 6.07) is 9.33. The third kappa shape index (κ3) is 4.72. The van der Waals surface area contributed by atoms with Crippen molar-refractivity contribution in [3.63, 3.8) is 0 Å². The summed E-state index contributed by atoms with van der Waals surface area (Å²) in [7, 11) is 0. The van der Waals surface area contributed by atoms with Crippen molar-refractivity contribution in [2.75, 3.05) is 18.1 Å². The Kier molecular flexibility index (Phi) is 7.37. The number of thiazole rings is 1. The predicted molar refractivity (Wildman–Crippen MR) is 151 cm³/mol. The van der Waals surface area contributed by atoms with Crippen molar-refractivity contribution in [3.05, 3.63) is 69.2 Å². The lowest BCUT2D eigenvalue weighted by Crippen LogP contribution is -2.29. The number of aromatic nitrogens is 1. The molecular weight excluding hydrogens is 532 g/mol. The third-order valence-electron chi connectivity index (χ3n) is 6.81. The Bertz CT molecular complexity index is 1560. The number of aliphatic hydroxyl groups is 1. The average Bonchev–Trinajstić information content (AvgIpc) is 3.57. The van der Waals surface area contributed by atoms with E-state index in [-0.39, 0.29) is 28.4 Å². The molecule has 208 valence electrons. The first kappa shape index (κ1) is 27.4. The summed E-state index contributed by atoms with van der Waals surface area (Å²) in [6.07, 6.45) is 0.666. The van der Waals surface area contributed by atoms with E-state index in [4.69, 9.17) is 14.2 Å². The molecule has 1 saturated heterocycles. The zero-order chi connectivity index (χ0) is 28.7. The van der Waals surface area contributed by atoms with Gasteiger partial charge in [-0.2, -0.15) is 0 Å². The maximum atomic E-state index is 13.6. The fraction of sp³-hybridized carbons (Fsp3) is 0.333. The standard InChI is InChI=1S/C30H30N2O7S/c1-6-37-22-11-8-18(14-23(22)38-7-2)25-24(26(34)19-9-10-21-20(13-19)12-15(3)39-21)27(35)29(36)32(25)30-31-16(4)28(40-30)17(5)33/h8-11,13-15,25,34H,6-7,12H2,1-5H3/t15-,25-/m1/s1. The van der Waals surface area contributed by atoms with E-state index in [1.807, 2.05) is 20.8 Å². The van der Waals surface area contributed by atoms with Crippen molar-refractivity contribution in [1.82, 2.24) is 4.98 Å². The number of carbonyl (C=O) groups is 3. The van der Waals surface area contributed by atoms with E-state index in [1.54, 1.807) is 43.3 Å². The van der Waals surface area contributed by atoms with Gasteiger partial charge in [-0.05, 0) is 69.2 Å². The minimum atomic E-state index is -1.02. The summed E-state index contributed by atoms with van der Waals surface area (Å²) in [6.45, 7) is 9.55. The number of carbonyl (C=O) groups excluding carboxylic acids is 3. The fourth-order valence-electron chi connectivity index (χ4n) is 5.12. The predicted octanol–water partition coefficient (Wildman–Crippen LogP) is 5.40. The minimum absolute atomic E-state index is 0.00225.